The lowest BCUT2D eigenvalue weighted by Gasteiger charge is -2.29. The van der Waals surface area contributed by atoms with Gasteiger partial charge in [0.15, 0.2) is 5.65 Å². The molecular formula is C20H21FIN5O. The first kappa shape index (κ1) is 18.3. The van der Waals surface area contributed by atoms with Gasteiger partial charge in [0.05, 0.1) is 22.1 Å². The van der Waals surface area contributed by atoms with Crippen LogP contribution in [0.25, 0.3) is 16.8 Å². The summed E-state index contributed by atoms with van der Waals surface area (Å²) in [6, 6.07) is 5.91. The maximum absolute atomic E-state index is 14.2. The second kappa shape index (κ2) is 6.93. The van der Waals surface area contributed by atoms with Crippen molar-refractivity contribution in [2.24, 2.45) is 0 Å². The minimum Gasteiger partial charge on any atom is -0.392 e. The van der Waals surface area contributed by atoms with Crippen LogP contribution in [-0.2, 0) is 6.61 Å². The number of nitrogens with one attached hydrogen (secondary N) is 1. The van der Waals surface area contributed by atoms with E-state index in [4.69, 9.17) is 10.7 Å². The van der Waals surface area contributed by atoms with E-state index in [0.717, 1.165) is 27.7 Å². The average Bonchev–Trinajstić information content (AvgIpc) is 3.27. The summed E-state index contributed by atoms with van der Waals surface area (Å²) in [6.45, 7) is -0.327. The maximum Gasteiger partial charge on any atom is 0.165 e. The van der Waals surface area contributed by atoms with Crippen molar-refractivity contribution in [1.82, 2.24) is 19.9 Å². The molecule has 2 fully saturated rings. The smallest absolute Gasteiger partial charge is 0.165 e. The van der Waals surface area contributed by atoms with Gasteiger partial charge < -0.3 is 16.2 Å². The van der Waals surface area contributed by atoms with Crippen molar-refractivity contribution in [3.8, 4) is 11.1 Å². The van der Waals surface area contributed by atoms with E-state index < -0.39 is 5.82 Å². The van der Waals surface area contributed by atoms with E-state index in [-0.39, 0.29) is 12.2 Å². The third-order valence-electron chi connectivity index (χ3n) is 6.04. The Morgan fingerprint density at radius 3 is 2.71 bits per heavy atom. The number of rotatable bonds is 3. The van der Waals surface area contributed by atoms with Crippen LogP contribution in [0.2, 0.25) is 0 Å². The molecular weight excluding hydrogens is 472 g/mol. The molecule has 0 spiro atoms. The zero-order valence-corrected chi connectivity index (χ0v) is 17.4. The molecule has 2 aliphatic heterocycles. The quantitative estimate of drug-likeness (QED) is 0.488. The number of benzene rings is 1. The standard InChI is InChI=1S/C20H21FIN5O/c21-16-7-10(1-2-11(16)9-28)15-8-24-27-19(23)17(22)18(26-20(15)27)12-5-13-3-4-14(6-12)25-13/h1-2,7-8,12-14,25,28H,3-6,9,23H2. The summed E-state index contributed by atoms with van der Waals surface area (Å²) in [5.41, 5.74) is 9.77. The van der Waals surface area contributed by atoms with Crippen LogP contribution in [0, 0.1) is 9.39 Å². The van der Waals surface area contributed by atoms with Gasteiger partial charge in [-0.3, -0.25) is 0 Å². The van der Waals surface area contributed by atoms with E-state index in [1.807, 2.05) is 0 Å². The average molecular weight is 493 g/mol. The van der Waals surface area contributed by atoms with Gasteiger partial charge in [0.1, 0.15) is 11.6 Å². The first-order chi connectivity index (χ1) is 13.5. The van der Waals surface area contributed by atoms with Crippen molar-refractivity contribution in [3.63, 3.8) is 0 Å². The number of hydrogen-bond acceptors (Lipinski definition) is 5. The molecule has 4 heterocycles. The lowest BCUT2D eigenvalue weighted by atomic mass is 9.89. The maximum atomic E-state index is 14.2. The van der Waals surface area contributed by atoms with E-state index in [0.29, 0.717) is 35.0 Å². The Kier molecular flexibility index (Phi) is 4.52. The third kappa shape index (κ3) is 2.89. The topological polar surface area (TPSA) is 88.5 Å². The molecule has 6 nitrogen and oxygen atoms in total. The van der Waals surface area contributed by atoms with Gasteiger partial charge >= 0.3 is 0 Å². The minimum absolute atomic E-state index is 0.271. The Bertz CT molecular complexity index is 1060. The fourth-order valence-electron chi connectivity index (χ4n) is 4.61. The van der Waals surface area contributed by atoms with Gasteiger partial charge in [0.2, 0.25) is 0 Å². The second-order valence-corrected chi connectivity index (χ2v) is 8.84. The second-order valence-electron chi connectivity index (χ2n) is 7.76. The van der Waals surface area contributed by atoms with Crippen molar-refractivity contribution in [2.75, 3.05) is 5.73 Å². The van der Waals surface area contributed by atoms with Gasteiger partial charge in [-0.1, -0.05) is 12.1 Å². The summed E-state index contributed by atoms with van der Waals surface area (Å²) in [5.74, 6) is 0.507. The third-order valence-corrected chi connectivity index (χ3v) is 7.15. The van der Waals surface area contributed by atoms with Crippen LogP contribution >= 0.6 is 22.6 Å². The summed E-state index contributed by atoms with van der Waals surface area (Å²) in [5, 5.41) is 17.3. The van der Waals surface area contributed by atoms with Crippen LogP contribution in [-0.4, -0.2) is 31.8 Å². The molecule has 28 heavy (non-hydrogen) atoms. The van der Waals surface area contributed by atoms with E-state index >= 15 is 0 Å². The first-order valence-corrected chi connectivity index (χ1v) is 10.6. The highest BCUT2D eigenvalue weighted by molar-refractivity contribution is 14.1. The van der Waals surface area contributed by atoms with Gasteiger partial charge in [0.25, 0.3) is 0 Å². The molecule has 1 aromatic carbocycles. The van der Waals surface area contributed by atoms with Crippen LogP contribution in [0.1, 0.15) is 42.9 Å². The normalized spacial score (nSPS) is 24.2. The molecule has 3 aromatic rings. The number of nitrogen functional groups attached to an aromatic ring is 1. The summed E-state index contributed by atoms with van der Waals surface area (Å²) >= 11 is 2.27. The zero-order chi connectivity index (χ0) is 19.4. The number of hydrogen-bond donors (Lipinski definition) is 3. The van der Waals surface area contributed by atoms with Crippen LogP contribution in [0.4, 0.5) is 10.2 Å². The highest BCUT2D eigenvalue weighted by Gasteiger charge is 2.36. The van der Waals surface area contributed by atoms with Gasteiger partial charge in [-0.15, -0.1) is 0 Å². The Labute approximate surface area is 175 Å². The molecule has 0 amide bonds. The number of aromatic nitrogens is 3. The highest BCUT2D eigenvalue weighted by atomic mass is 127. The zero-order valence-electron chi connectivity index (χ0n) is 15.2. The van der Waals surface area contributed by atoms with Gasteiger partial charge in [-0.25, -0.2) is 9.37 Å². The van der Waals surface area contributed by atoms with Gasteiger partial charge in [0, 0.05) is 29.1 Å². The molecule has 2 unspecified atom stereocenters. The lowest BCUT2D eigenvalue weighted by Crippen LogP contribution is -2.37. The van der Waals surface area contributed by atoms with Crippen LogP contribution in [0.5, 0.6) is 0 Å². The van der Waals surface area contributed by atoms with Gasteiger partial charge in [-0.05, 0) is 59.9 Å². The number of aliphatic hydroxyl groups excluding tert-OH is 1. The summed E-state index contributed by atoms with van der Waals surface area (Å²) < 4.78 is 16.8. The van der Waals surface area contributed by atoms with Crippen LogP contribution in [0.15, 0.2) is 24.4 Å². The molecule has 2 aromatic heterocycles. The molecule has 2 saturated heterocycles. The summed E-state index contributed by atoms with van der Waals surface area (Å²) in [6.07, 6.45) is 6.27. The highest BCUT2D eigenvalue weighted by Crippen LogP contribution is 2.40. The molecule has 4 N–H and O–H groups in total. The number of halogens is 2. The van der Waals surface area contributed by atoms with Crippen LogP contribution < -0.4 is 11.1 Å². The molecule has 2 bridgehead atoms. The van der Waals surface area contributed by atoms with E-state index in [1.165, 1.54) is 18.9 Å². The predicted molar refractivity (Wildman–Crippen MR) is 113 cm³/mol. The first-order valence-electron chi connectivity index (χ1n) is 9.53. The molecule has 2 aliphatic rings. The van der Waals surface area contributed by atoms with Crippen LogP contribution in [0.3, 0.4) is 0 Å². The lowest BCUT2D eigenvalue weighted by molar-refractivity contribution is 0.276. The number of fused-ring (bicyclic) bond motifs is 3. The number of aliphatic hydroxyl groups is 1. The Morgan fingerprint density at radius 2 is 2.04 bits per heavy atom. The summed E-state index contributed by atoms with van der Waals surface area (Å²) in [4.78, 5) is 4.98. The van der Waals surface area contributed by atoms with E-state index in [2.05, 4.69) is 33.0 Å². The number of nitrogens with two attached hydrogens (primary N) is 1. The Morgan fingerprint density at radius 1 is 1.29 bits per heavy atom. The van der Waals surface area contributed by atoms with Crippen molar-refractivity contribution in [2.45, 2.75) is 50.3 Å². The number of anilines is 1. The molecule has 146 valence electrons. The van der Waals surface area contributed by atoms with Gasteiger partial charge in [-0.2, -0.15) is 9.61 Å². The van der Waals surface area contributed by atoms with E-state index in [1.54, 1.807) is 22.8 Å². The Balaban J connectivity index is 1.63. The fraction of sp³-hybridized carbons (Fsp3) is 0.400. The monoisotopic (exact) mass is 493 g/mol. The van der Waals surface area contributed by atoms with Crippen molar-refractivity contribution < 1.29 is 9.50 Å². The number of piperidine rings is 1. The minimum atomic E-state index is -0.437. The summed E-state index contributed by atoms with van der Waals surface area (Å²) in [7, 11) is 0. The van der Waals surface area contributed by atoms with Crippen molar-refractivity contribution in [1.29, 1.82) is 0 Å². The molecule has 0 aliphatic carbocycles. The SMILES string of the molecule is Nc1c(I)c(C2CC3CCC(C2)N3)nc2c(-c3ccc(CO)c(F)c3)cnn12. The predicted octanol–water partition coefficient (Wildman–Crippen LogP) is 3.21. The molecule has 0 radical (unpaired) electrons. The van der Waals surface area contributed by atoms with E-state index in [9.17, 15) is 9.50 Å². The fourth-order valence-corrected chi connectivity index (χ4v) is 5.40. The largest absolute Gasteiger partial charge is 0.392 e. The van der Waals surface area contributed by atoms with Crippen molar-refractivity contribution in [3.05, 3.63) is 45.0 Å². The Hall–Kier alpha value is -1.78. The molecule has 5 rings (SSSR count). The molecule has 0 saturated carbocycles. The van der Waals surface area contributed by atoms with Crippen molar-refractivity contribution >= 4 is 34.1 Å². The molecule has 8 heteroatoms. The molecule has 2 atom stereocenters. The number of nitrogens with zero attached hydrogens (tertiary/aromatic N) is 3.